The standard InChI is InChI=1S/C20H20N2S/c1-4-14-22-19(17-11-6-5-7-12-17)16(3)23-20(22)21-18-13-9-8-10-15(18)2/h4-13H,1,14H2,2-3H3. The molecule has 2 nitrogen and oxygen atoms in total. The van der Waals surface area contributed by atoms with Crippen LogP contribution < -0.4 is 4.80 Å². The summed E-state index contributed by atoms with van der Waals surface area (Å²) >= 11 is 1.73. The van der Waals surface area contributed by atoms with Crippen molar-refractivity contribution in [1.82, 2.24) is 4.57 Å². The van der Waals surface area contributed by atoms with Crippen molar-refractivity contribution in [2.24, 2.45) is 4.99 Å². The molecular weight excluding hydrogens is 300 g/mol. The number of thiazole rings is 1. The van der Waals surface area contributed by atoms with Gasteiger partial charge in [-0.3, -0.25) is 0 Å². The van der Waals surface area contributed by atoms with Crippen molar-refractivity contribution in [3.63, 3.8) is 0 Å². The molecule has 0 aliphatic heterocycles. The summed E-state index contributed by atoms with van der Waals surface area (Å²) in [4.78, 5) is 7.18. The van der Waals surface area contributed by atoms with Crippen LogP contribution in [0.25, 0.3) is 11.3 Å². The molecule has 3 aromatic rings. The number of hydrogen-bond acceptors (Lipinski definition) is 2. The van der Waals surface area contributed by atoms with Crippen LogP contribution in [0, 0.1) is 13.8 Å². The van der Waals surface area contributed by atoms with E-state index < -0.39 is 0 Å². The summed E-state index contributed by atoms with van der Waals surface area (Å²) in [5.74, 6) is 0. The minimum Gasteiger partial charge on any atom is -0.312 e. The number of allylic oxidation sites excluding steroid dienone is 1. The van der Waals surface area contributed by atoms with Crippen molar-refractivity contribution in [3.05, 3.63) is 82.5 Å². The van der Waals surface area contributed by atoms with Crippen LogP contribution in [0.4, 0.5) is 5.69 Å². The number of aryl methyl sites for hydroxylation is 2. The maximum Gasteiger partial charge on any atom is 0.190 e. The van der Waals surface area contributed by atoms with Crippen LogP contribution in [-0.4, -0.2) is 4.57 Å². The van der Waals surface area contributed by atoms with Crippen LogP contribution in [-0.2, 0) is 6.54 Å². The normalized spacial score (nSPS) is 11.7. The third-order valence-corrected chi connectivity index (χ3v) is 4.76. The van der Waals surface area contributed by atoms with E-state index in [-0.39, 0.29) is 0 Å². The van der Waals surface area contributed by atoms with Gasteiger partial charge in [0, 0.05) is 11.4 Å². The number of nitrogens with zero attached hydrogens (tertiary/aromatic N) is 2. The SMILES string of the molecule is C=CCn1c(-c2ccccc2)c(C)sc1=Nc1ccccc1C. The number of hydrogen-bond donors (Lipinski definition) is 0. The molecule has 0 aliphatic carbocycles. The summed E-state index contributed by atoms with van der Waals surface area (Å²) in [7, 11) is 0. The first-order chi connectivity index (χ1) is 11.2. The molecule has 0 unspecified atom stereocenters. The lowest BCUT2D eigenvalue weighted by Crippen LogP contribution is -2.15. The van der Waals surface area contributed by atoms with Crippen LogP contribution in [0.1, 0.15) is 10.4 Å². The van der Waals surface area contributed by atoms with E-state index >= 15 is 0 Å². The van der Waals surface area contributed by atoms with Gasteiger partial charge in [-0.2, -0.15) is 0 Å². The summed E-state index contributed by atoms with van der Waals surface area (Å²) in [6, 6.07) is 18.7. The molecule has 0 fully saturated rings. The maximum atomic E-state index is 4.90. The van der Waals surface area contributed by atoms with Crippen LogP contribution in [0.3, 0.4) is 0 Å². The van der Waals surface area contributed by atoms with Gasteiger partial charge in [0.2, 0.25) is 0 Å². The monoisotopic (exact) mass is 320 g/mol. The molecule has 2 aromatic carbocycles. The van der Waals surface area contributed by atoms with Gasteiger partial charge in [-0.15, -0.1) is 17.9 Å². The lowest BCUT2D eigenvalue weighted by atomic mass is 10.1. The Kier molecular flexibility index (Phi) is 4.58. The first-order valence-corrected chi connectivity index (χ1v) is 8.49. The van der Waals surface area contributed by atoms with E-state index in [4.69, 9.17) is 4.99 Å². The Labute approximate surface area is 141 Å². The fourth-order valence-corrected chi connectivity index (χ4v) is 3.67. The number of aromatic nitrogens is 1. The molecule has 0 saturated carbocycles. The second kappa shape index (κ2) is 6.80. The van der Waals surface area contributed by atoms with E-state index in [1.807, 2.05) is 24.3 Å². The Hall–Kier alpha value is -2.39. The van der Waals surface area contributed by atoms with Gasteiger partial charge >= 0.3 is 0 Å². The average molecular weight is 320 g/mol. The molecule has 0 bridgehead atoms. The van der Waals surface area contributed by atoms with E-state index in [2.05, 4.69) is 61.4 Å². The van der Waals surface area contributed by atoms with Crippen molar-refractivity contribution < 1.29 is 0 Å². The summed E-state index contributed by atoms with van der Waals surface area (Å²) in [5.41, 5.74) is 4.65. The molecule has 0 aliphatic rings. The second-order valence-electron chi connectivity index (χ2n) is 5.45. The summed E-state index contributed by atoms with van der Waals surface area (Å²) in [5, 5.41) is 0. The largest absolute Gasteiger partial charge is 0.312 e. The van der Waals surface area contributed by atoms with Crippen LogP contribution in [0.5, 0.6) is 0 Å². The molecule has 0 saturated heterocycles. The highest BCUT2D eigenvalue weighted by molar-refractivity contribution is 7.09. The molecule has 0 spiro atoms. The fourth-order valence-electron chi connectivity index (χ4n) is 2.65. The number of rotatable bonds is 4. The zero-order valence-corrected chi connectivity index (χ0v) is 14.3. The van der Waals surface area contributed by atoms with Crippen molar-refractivity contribution in [2.45, 2.75) is 20.4 Å². The Morgan fingerprint density at radius 2 is 1.74 bits per heavy atom. The van der Waals surface area contributed by atoms with Crippen molar-refractivity contribution in [2.75, 3.05) is 0 Å². The topological polar surface area (TPSA) is 17.3 Å². The molecule has 23 heavy (non-hydrogen) atoms. The maximum absolute atomic E-state index is 4.90. The fraction of sp³-hybridized carbons (Fsp3) is 0.150. The second-order valence-corrected chi connectivity index (χ2v) is 6.63. The third-order valence-electron chi connectivity index (χ3n) is 3.77. The molecule has 0 radical (unpaired) electrons. The lowest BCUT2D eigenvalue weighted by molar-refractivity contribution is 0.798. The van der Waals surface area contributed by atoms with E-state index in [1.165, 1.54) is 21.7 Å². The van der Waals surface area contributed by atoms with Crippen molar-refractivity contribution >= 4 is 17.0 Å². The smallest absolute Gasteiger partial charge is 0.190 e. The molecule has 1 heterocycles. The molecule has 116 valence electrons. The molecule has 0 amide bonds. The van der Waals surface area contributed by atoms with Gasteiger partial charge in [0.25, 0.3) is 0 Å². The minimum atomic E-state index is 0.749. The predicted octanol–water partition coefficient (Wildman–Crippen LogP) is 5.25. The quantitative estimate of drug-likeness (QED) is 0.584. The zero-order valence-electron chi connectivity index (χ0n) is 13.5. The van der Waals surface area contributed by atoms with Crippen LogP contribution >= 0.6 is 11.3 Å². The molecular formula is C20H20N2S. The third kappa shape index (κ3) is 3.20. The molecule has 1 aromatic heterocycles. The van der Waals surface area contributed by atoms with Gasteiger partial charge < -0.3 is 4.57 Å². The zero-order chi connectivity index (χ0) is 16.2. The molecule has 0 atom stereocenters. The molecule has 0 N–H and O–H groups in total. The summed E-state index contributed by atoms with van der Waals surface area (Å²) in [6.07, 6.45) is 1.93. The Bertz CT molecular complexity index is 886. The lowest BCUT2D eigenvalue weighted by Gasteiger charge is -2.08. The first kappa shape index (κ1) is 15.5. The van der Waals surface area contributed by atoms with Gasteiger partial charge in [-0.25, -0.2) is 4.99 Å². The highest BCUT2D eigenvalue weighted by Gasteiger charge is 2.11. The summed E-state index contributed by atoms with van der Waals surface area (Å²) in [6.45, 7) is 8.91. The number of para-hydroxylation sites is 1. The van der Waals surface area contributed by atoms with Gasteiger partial charge in [0.1, 0.15) is 0 Å². The highest BCUT2D eigenvalue weighted by Crippen LogP contribution is 2.26. The molecule has 3 heteroatoms. The van der Waals surface area contributed by atoms with Crippen molar-refractivity contribution in [3.8, 4) is 11.3 Å². The van der Waals surface area contributed by atoms with Gasteiger partial charge in [0.15, 0.2) is 4.80 Å². The number of benzene rings is 2. The van der Waals surface area contributed by atoms with E-state index in [0.29, 0.717) is 0 Å². The average Bonchev–Trinajstić information content (AvgIpc) is 2.86. The van der Waals surface area contributed by atoms with Crippen LogP contribution in [0.2, 0.25) is 0 Å². The van der Waals surface area contributed by atoms with Crippen molar-refractivity contribution in [1.29, 1.82) is 0 Å². The summed E-state index contributed by atoms with van der Waals surface area (Å²) < 4.78 is 2.24. The Morgan fingerprint density at radius 1 is 1.04 bits per heavy atom. The minimum absolute atomic E-state index is 0.749. The first-order valence-electron chi connectivity index (χ1n) is 7.67. The van der Waals surface area contributed by atoms with Gasteiger partial charge in [-0.05, 0) is 31.0 Å². The van der Waals surface area contributed by atoms with E-state index in [1.54, 1.807) is 11.3 Å². The molecule has 3 rings (SSSR count). The Morgan fingerprint density at radius 3 is 2.43 bits per heavy atom. The van der Waals surface area contributed by atoms with Crippen LogP contribution in [0.15, 0.2) is 72.2 Å². The Balaban J connectivity index is 2.23. The highest BCUT2D eigenvalue weighted by atomic mass is 32.1. The van der Waals surface area contributed by atoms with E-state index in [0.717, 1.165) is 17.0 Å². The van der Waals surface area contributed by atoms with Gasteiger partial charge in [-0.1, -0.05) is 54.6 Å². The predicted molar refractivity (Wildman–Crippen MR) is 99.1 cm³/mol. The van der Waals surface area contributed by atoms with E-state index in [9.17, 15) is 0 Å². The van der Waals surface area contributed by atoms with Gasteiger partial charge in [0.05, 0.1) is 11.4 Å².